The van der Waals surface area contributed by atoms with Crippen molar-refractivity contribution in [3.05, 3.63) is 22.2 Å². The van der Waals surface area contributed by atoms with E-state index in [1.807, 2.05) is 0 Å². The predicted molar refractivity (Wildman–Crippen MR) is 87.6 cm³/mol. The minimum Gasteiger partial charge on any atom is -0.496 e. The number of nitrogens with zero attached hydrogens (tertiary/aromatic N) is 1. The average molecular weight is 410 g/mol. The number of halogens is 4. The highest BCUT2D eigenvalue weighted by atomic mass is 79.9. The monoisotopic (exact) mass is 409 g/mol. The quantitative estimate of drug-likeness (QED) is 0.649. The van der Waals surface area contributed by atoms with Gasteiger partial charge in [-0.1, -0.05) is 0 Å². The summed E-state index contributed by atoms with van der Waals surface area (Å²) in [5, 5.41) is 0. The van der Waals surface area contributed by atoms with Gasteiger partial charge in [0.2, 0.25) is 0 Å². The molecule has 0 bridgehead atoms. The van der Waals surface area contributed by atoms with Gasteiger partial charge in [-0.3, -0.25) is 4.90 Å². The smallest absolute Gasteiger partial charge is 0.415 e. The molecule has 1 amide bonds. The van der Waals surface area contributed by atoms with Crippen LogP contribution in [0.1, 0.15) is 32.8 Å². The van der Waals surface area contributed by atoms with Crippen molar-refractivity contribution in [1.82, 2.24) is 0 Å². The van der Waals surface area contributed by atoms with Crippen LogP contribution in [-0.2, 0) is 11.2 Å². The van der Waals surface area contributed by atoms with E-state index in [0.29, 0.717) is 20.7 Å². The van der Waals surface area contributed by atoms with Crippen LogP contribution in [0.2, 0.25) is 0 Å². The molecular weight excluding hydrogens is 391 g/mol. The maximum Gasteiger partial charge on any atom is 0.415 e. The van der Waals surface area contributed by atoms with Crippen LogP contribution in [-0.4, -0.2) is 31.0 Å². The van der Waals surface area contributed by atoms with Gasteiger partial charge in [0.15, 0.2) is 0 Å². The maximum absolute atomic E-state index is 13.4. The summed E-state index contributed by atoms with van der Waals surface area (Å²) in [4.78, 5) is 13.2. The number of rotatable bonds is 1. The summed E-state index contributed by atoms with van der Waals surface area (Å²) in [5.41, 5.74) is -0.0962. The Labute approximate surface area is 147 Å². The molecule has 2 rings (SSSR count). The first-order chi connectivity index (χ1) is 10.9. The molecule has 0 radical (unpaired) electrons. The van der Waals surface area contributed by atoms with Crippen LogP contribution >= 0.6 is 15.9 Å². The van der Waals surface area contributed by atoms with Crippen molar-refractivity contribution >= 4 is 27.7 Å². The summed E-state index contributed by atoms with van der Waals surface area (Å²) in [6, 6.07) is 1.19. The largest absolute Gasteiger partial charge is 0.496 e. The highest BCUT2D eigenvalue weighted by Gasteiger charge is 2.49. The molecule has 134 valence electrons. The van der Waals surface area contributed by atoms with Crippen LogP contribution < -0.4 is 9.64 Å². The Hall–Kier alpha value is -1.44. The molecule has 0 N–H and O–H groups in total. The Kier molecular flexibility index (Phi) is 5.09. The Morgan fingerprint density at radius 1 is 1.29 bits per heavy atom. The molecule has 1 heterocycles. The average Bonchev–Trinajstić information content (AvgIpc) is 2.42. The number of methoxy groups -OCH3 is 1. The van der Waals surface area contributed by atoms with Crippen molar-refractivity contribution in [2.45, 2.75) is 51.4 Å². The van der Waals surface area contributed by atoms with Gasteiger partial charge >= 0.3 is 12.3 Å². The van der Waals surface area contributed by atoms with E-state index in [9.17, 15) is 18.0 Å². The van der Waals surface area contributed by atoms with E-state index >= 15 is 0 Å². The van der Waals surface area contributed by atoms with Crippen molar-refractivity contribution in [3.63, 3.8) is 0 Å². The van der Waals surface area contributed by atoms with E-state index in [4.69, 9.17) is 9.47 Å². The van der Waals surface area contributed by atoms with E-state index in [2.05, 4.69) is 15.9 Å². The zero-order valence-corrected chi connectivity index (χ0v) is 15.4. The van der Waals surface area contributed by atoms with Crippen molar-refractivity contribution < 1.29 is 27.4 Å². The fraction of sp³-hybridized carbons (Fsp3) is 0.562. The molecule has 1 aromatic rings. The molecule has 0 fully saturated rings. The second-order valence-corrected chi connectivity index (χ2v) is 7.42. The minimum absolute atomic E-state index is 0.186. The van der Waals surface area contributed by atoms with E-state index in [-0.39, 0.29) is 18.5 Å². The summed E-state index contributed by atoms with van der Waals surface area (Å²) < 4.78 is 51.2. The molecule has 1 atom stereocenters. The number of fused-ring (bicyclic) bond motifs is 1. The normalized spacial score (nSPS) is 18.2. The molecule has 1 unspecified atom stereocenters. The SMILES string of the molecule is COc1cc2c(cc1Br)N(C(=O)OC(C)(C)C)C(C(F)(F)F)CC2. The van der Waals surface area contributed by atoms with Crippen molar-refractivity contribution in [3.8, 4) is 5.75 Å². The number of alkyl halides is 3. The summed E-state index contributed by atoms with van der Waals surface area (Å²) in [6.07, 6.45) is -5.58. The van der Waals surface area contributed by atoms with Gasteiger partial charge in [0.25, 0.3) is 0 Å². The number of aryl methyl sites for hydroxylation is 1. The standard InChI is InChI=1S/C16H19BrF3NO3/c1-15(2,3)24-14(22)21-11-8-10(17)12(23-4)7-9(11)5-6-13(21)16(18,19)20/h7-8,13H,5-6H2,1-4H3. The molecule has 24 heavy (non-hydrogen) atoms. The summed E-state index contributed by atoms with van der Waals surface area (Å²) in [5.74, 6) is 0.503. The molecule has 0 spiro atoms. The van der Waals surface area contributed by atoms with Crippen molar-refractivity contribution in [1.29, 1.82) is 0 Å². The zero-order chi connectivity index (χ0) is 18.3. The molecule has 0 aliphatic carbocycles. The predicted octanol–water partition coefficient (Wildman–Crippen LogP) is 5.08. The number of carbonyl (C=O) groups excluding carboxylic acids is 1. The van der Waals surface area contributed by atoms with Gasteiger partial charge in [0, 0.05) is 0 Å². The van der Waals surface area contributed by atoms with Crippen LogP contribution in [0.25, 0.3) is 0 Å². The van der Waals surface area contributed by atoms with E-state index in [1.54, 1.807) is 26.8 Å². The molecular formula is C16H19BrF3NO3. The third-order valence-corrected chi connectivity index (χ3v) is 4.20. The van der Waals surface area contributed by atoms with Crippen LogP contribution in [0.4, 0.5) is 23.7 Å². The van der Waals surface area contributed by atoms with Gasteiger partial charge in [-0.2, -0.15) is 13.2 Å². The molecule has 0 saturated carbocycles. The van der Waals surface area contributed by atoms with Crippen molar-refractivity contribution in [2.75, 3.05) is 12.0 Å². The lowest BCUT2D eigenvalue weighted by Crippen LogP contribution is -2.53. The fourth-order valence-corrected chi connectivity index (χ4v) is 3.10. The lowest BCUT2D eigenvalue weighted by atomic mass is 9.95. The number of carbonyl (C=O) groups is 1. The van der Waals surface area contributed by atoms with Crippen molar-refractivity contribution in [2.24, 2.45) is 0 Å². The topological polar surface area (TPSA) is 38.8 Å². The lowest BCUT2D eigenvalue weighted by molar-refractivity contribution is -0.150. The summed E-state index contributed by atoms with van der Waals surface area (Å²) in [6.45, 7) is 4.84. The van der Waals surface area contributed by atoms with Gasteiger partial charge in [0.1, 0.15) is 17.4 Å². The van der Waals surface area contributed by atoms with Gasteiger partial charge in [-0.25, -0.2) is 4.79 Å². The molecule has 1 aliphatic rings. The first-order valence-corrected chi connectivity index (χ1v) is 8.18. The van der Waals surface area contributed by atoms with E-state index < -0.39 is 23.9 Å². The Morgan fingerprint density at radius 2 is 1.92 bits per heavy atom. The van der Waals surface area contributed by atoms with Crippen LogP contribution in [0.5, 0.6) is 5.75 Å². The summed E-state index contributed by atoms with van der Waals surface area (Å²) in [7, 11) is 1.47. The molecule has 1 aliphatic heterocycles. The van der Waals surface area contributed by atoms with Crippen LogP contribution in [0.15, 0.2) is 16.6 Å². The molecule has 4 nitrogen and oxygen atoms in total. The Bertz CT molecular complexity index is 641. The van der Waals surface area contributed by atoms with Gasteiger partial charge in [0.05, 0.1) is 17.3 Å². The lowest BCUT2D eigenvalue weighted by Gasteiger charge is -2.39. The Balaban J connectivity index is 2.52. The molecule has 0 aromatic heterocycles. The first kappa shape index (κ1) is 18.9. The fourth-order valence-electron chi connectivity index (χ4n) is 2.60. The third-order valence-electron chi connectivity index (χ3n) is 3.58. The number of hydrogen-bond donors (Lipinski definition) is 0. The maximum atomic E-state index is 13.4. The van der Waals surface area contributed by atoms with Gasteiger partial charge in [-0.05, 0) is 67.2 Å². The molecule has 0 saturated heterocycles. The highest BCUT2D eigenvalue weighted by Crippen LogP contribution is 2.42. The Morgan fingerprint density at radius 3 is 2.42 bits per heavy atom. The van der Waals surface area contributed by atoms with Gasteiger partial charge in [-0.15, -0.1) is 0 Å². The second-order valence-electron chi connectivity index (χ2n) is 6.56. The van der Waals surface area contributed by atoms with Gasteiger partial charge < -0.3 is 9.47 Å². The highest BCUT2D eigenvalue weighted by molar-refractivity contribution is 9.10. The number of anilines is 1. The minimum atomic E-state index is -4.54. The van der Waals surface area contributed by atoms with Crippen LogP contribution in [0, 0.1) is 0 Å². The van der Waals surface area contributed by atoms with Crippen LogP contribution in [0.3, 0.4) is 0 Å². The number of ether oxygens (including phenoxy) is 2. The number of benzene rings is 1. The van der Waals surface area contributed by atoms with E-state index in [0.717, 1.165) is 0 Å². The van der Waals surface area contributed by atoms with E-state index in [1.165, 1.54) is 13.2 Å². The first-order valence-electron chi connectivity index (χ1n) is 7.39. The molecule has 8 heteroatoms. The second kappa shape index (κ2) is 6.46. The zero-order valence-electron chi connectivity index (χ0n) is 13.8. The molecule has 1 aromatic carbocycles. The number of hydrogen-bond acceptors (Lipinski definition) is 3. The third kappa shape index (κ3) is 3.96. The summed E-state index contributed by atoms with van der Waals surface area (Å²) >= 11 is 3.26. The number of amides is 1.